The third kappa shape index (κ3) is 4.82. The molecule has 3 rings (SSSR count). The standard InChI is InChI=1S/C16H15ClF2N4O2S2/c1-25-6-9(5-24)20-13-12-14(21-15(17)27-12)23-16(22-13)26-7-8-3-2-4-10(18)11(8)19/h2-4,9,24H,5-7H2,1H3,(H,20,22,23). The first-order chi connectivity index (χ1) is 13.0. The number of rotatable bonds is 8. The zero-order valence-corrected chi connectivity index (χ0v) is 16.5. The van der Waals surface area contributed by atoms with E-state index >= 15 is 0 Å². The Hall–Kier alpha value is -1.59. The van der Waals surface area contributed by atoms with E-state index in [1.54, 1.807) is 0 Å². The van der Waals surface area contributed by atoms with E-state index in [1.165, 1.54) is 30.6 Å². The SMILES string of the molecule is COCC(CO)Nc1nc(SCc2cccc(F)c2F)nc2nc(Cl)sc12. The molecule has 3 aromatic rings. The molecule has 0 aliphatic rings. The molecule has 11 heteroatoms. The van der Waals surface area contributed by atoms with Crippen molar-refractivity contribution in [3.8, 4) is 0 Å². The normalized spacial score (nSPS) is 12.5. The summed E-state index contributed by atoms with van der Waals surface area (Å²) in [6, 6.07) is 3.63. The fourth-order valence-electron chi connectivity index (χ4n) is 2.28. The molecule has 0 saturated heterocycles. The van der Waals surface area contributed by atoms with E-state index in [-0.39, 0.29) is 30.6 Å². The number of anilines is 1. The molecule has 2 N–H and O–H groups in total. The van der Waals surface area contributed by atoms with Crippen molar-refractivity contribution in [3.63, 3.8) is 0 Å². The fraction of sp³-hybridized carbons (Fsp3) is 0.312. The smallest absolute Gasteiger partial charge is 0.191 e. The predicted molar refractivity (Wildman–Crippen MR) is 103 cm³/mol. The van der Waals surface area contributed by atoms with Crippen LogP contribution in [-0.2, 0) is 10.5 Å². The van der Waals surface area contributed by atoms with E-state index < -0.39 is 11.6 Å². The largest absolute Gasteiger partial charge is 0.394 e. The lowest BCUT2D eigenvalue weighted by Crippen LogP contribution is -2.29. The highest BCUT2D eigenvalue weighted by atomic mass is 35.5. The molecule has 0 fully saturated rings. The minimum atomic E-state index is -0.900. The Labute approximate surface area is 167 Å². The number of aliphatic hydroxyl groups is 1. The maximum atomic E-state index is 13.8. The van der Waals surface area contributed by atoms with Crippen LogP contribution in [0.15, 0.2) is 23.4 Å². The summed E-state index contributed by atoms with van der Waals surface area (Å²) in [6.07, 6.45) is 0. The monoisotopic (exact) mass is 432 g/mol. The number of halogens is 3. The van der Waals surface area contributed by atoms with Gasteiger partial charge in [-0.05, 0) is 6.07 Å². The molecule has 1 aromatic carbocycles. The molecule has 0 bridgehead atoms. The molecule has 0 aliphatic heterocycles. The number of hydrogen-bond acceptors (Lipinski definition) is 8. The highest BCUT2D eigenvalue weighted by Gasteiger charge is 2.17. The van der Waals surface area contributed by atoms with Crippen molar-refractivity contribution in [2.24, 2.45) is 0 Å². The van der Waals surface area contributed by atoms with Gasteiger partial charge in [0.15, 0.2) is 32.7 Å². The van der Waals surface area contributed by atoms with Gasteiger partial charge in [0.1, 0.15) is 4.70 Å². The van der Waals surface area contributed by atoms with Gasteiger partial charge in [0.25, 0.3) is 0 Å². The van der Waals surface area contributed by atoms with Crippen molar-refractivity contribution in [2.45, 2.75) is 17.0 Å². The van der Waals surface area contributed by atoms with Crippen LogP contribution in [0.1, 0.15) is 5.56 Å². The van der Waals surface area contributed by atoms with Crippen molar-refractivity contribution in [1.29, 1.82) is 0 Å². The van der Waals surface area contributed by atoms with E-state index in [0.29, 0.717) is 25.8 Å². The lowest BCUT2D eigenvalue weighted by atomic mass is 10.2. The summed E-state index contributed by atoms with van der Waals surface area (Å²) < 4.78 is 33.2. The van der Waals surface area contributed by atoms with Gasteiger partial charge in [-0.15, -0.1) is 0 Å². The first-order valence-corrected chi connectivity index (χ1v) is 9.96. The first-order valence-electron chi connectivity index (χ1n) is 7.78. The number of nitrogens with one attached hydrogen (secondary N) is 1. The van der Waals surface area contributed by atoms with Crippen molar-refractivity contribution in [2.75, 3.05) is 25.6 Å². The molecule has 0 amide bonds. The third-order valence-corrected chi connectivity index (χ3v) is 5.58. The summed E-state index contributed by atoms with van der Waals surface area (Å²) in [4.78, 5) is 12.9. The lowest BCUT2D eigenvalue weighted by molar-refractivity contribution is 0.153. The average molecular weight is 433 g/mol. The summed E-state index contributed by atoms with van der Waals surface area (Å²) in [7, 11) is 1.53. The molecule has 1 atom stereocenters. The highest BCUT2D eigenvalue weighted by Crippen LogP contribution is 2.33. The van der Waals surface area contributed by atoms with Crippen LogP contribution >= 0.6 is 34.7 Å². The van der Waals surface area contributed by atoms with E-state index in [0.717, 1.165) is 17.8 Å². The number of hydrogen-bond donors (Lipinski definition) is 2. The number of aliphatic hydroxyl groups excluding tert-OH is 1. The number of ether oxygens (including phenoxy) is 1. The Bertz CT molecular complexity index is 944. The van der Waals surface area contributed by atoms with E-state index in [9.17, 15) is 13.9 Å². The number of methoxy groups -OCH3 is 1. The van der Waals surface area contributed by atoms with Crippen LogP contribution < -0.4 is 5.32 Å². The van der Waals surface area contributed by atoms with Crippen molar-refractivity contribution in [1.82, 2.24) is 15.0 Å². The molecule has 1 unspecified atom stereocenters. The fourth-order valence-corrected chi connectivity index (χ4v) is 4.09. The summed E-state index contributed by atoms with van der Waals surface area (Å²) in [5.74, 6) is -1.19. The van der Waals surface area contributed by atoms with Crippen LogP contribution in [0.25, 0.3) is 10.3 Å². The van der Waals surface area contributed by atoms with Crippen LogP contribution in [0.3, 0.4) is 0 Å². The van der Waals surface area contributed by atoms with E-state index in [2.05, 4.69) is 20.3 Å². The van der Waals surface area contributed by atoms with Crippen LogP contribution in [0.5, 0.6) is 0 Å². The molecule has 2 aromatic heterocycles. The molecule has 2 heterocycles. The summed E-state index contributed by atoms with van der Waals surface area (Å²) in [6.45, 7) is 0.106. The molecule has 0 saturated carbocycles. The highest BCUT2D eigenvalue weighted by molar-refractivity contribution is 7.98. The zero-order chi connectivity index (χ0) is 19.4. The predicted octanol–water partition coefficient (Wildman–Crippen LogP) is 3.73. The summed E-state index contributed by atoms with van der Waals surface area (Å²) >= 11 is 8.33. The second-order valence-corrected chi connectivity index (χ2v) is 7.98. The Morgan fingerprint density at radius 2 is 2.15 bits per heavy atom. The van der Waals surface area contributed by atoms with Crippen LogP contribution in [-0.4, -0.2) is 46.4 Å². The Kier molecular flexibility index (Phi) is 6.77. The Morgan fingerprint density at radius 3 is 2.89 bits per heavy atom. The number of fused-ring (bicyclic) bond motifs is 1. The third-order valence-electron chi connectivity index (χ3n) is 3.52. The van der Waals surface area contributed by atoms with Crippen molar-refractivity contribution >= 4 is 50.9 Å². The van der Waals surface area contributed by atoms with Gasteiger partial charge < -0.3 is 15.2 Å². The van der Waals surface area contributed by atoms with Gasteiger partial charge in [-0.3, -0.25) is 0 Å². The number of aromatic nitrogens is 3. The van der Waals surface area contributed by atoms with Crippen LogP contribution in [0.4, 0.5) is 14.6 Å². The Balaban J connectivity index is 1.88. The molecule has 6 nitrogen and oxygen atoms in total. The van der Waals surface area contributed by atoms with E-state index in [4.69, 9.17) is 16.3 Å². The molecule has 0 aliphatic carbocycles. The molecule has 27 heavy (non-hydrogen) atoms. The quantitative estimate of drug-likeness (QED) is 0.414. The summed E-state index contributed by atoms with van der Waals surface area (Å²) in [5.41, 5.74) is 0.598. The zero-order valence-electron chi connectivity index (χ0n) is 14.1. The van der Waals surface area contributed by atoms with Crippen LogP contribution in [0, 0.1) is 11.6 Å². The number of thioether (sulfide) groups is 1. The van der Waals surface area contributed by atoms with Gasteiger partial charge >= 0.3 is 0 Å². The maximum absolute atomic E-state index is 13.8. The summed E-state index contributed by atoms with van der Waals surface area (Å²) in [5, 5.41) is 12.9. The second kappa shape index (κ2) is 9.07. The topological polar surface area (TPSA) is 80.2 Å². The maximum Gasteiger partial charge on any atom is 0.191 e. The van der Waals surface area contributed by atoms with Gasteiger partial charge in [0.2, 0.25) is 0 Å². The number of benzene rings is 1. The average Bonchev–Trinajstić information content (AvgIpc) is 3.03. The number of nitrogens with zero attached hydrogens (tertiary/aromatic N) is 3. The minimum Gasteiger partial charge on any atom is -0.394 e. The van der Waals surface area contributed by atoms with Gasteiger partial charge in [-0.1, -0.05) is 46.8 Å². The van der Waals surface area contributed by atoms with Gasteiger partial charge in [0.05, 0.1) is 19.3 Å². The van der Waals surface area contributed by atoms with Crippen LogP contribution in [0.2, 0.25) is 4.47 Å². The molecule has 0 spiro atoms. The first kappa shape index (κ1) is 20.2. The molecular weight excluding hydrogens is 418 g/mol. The van der Waals surface area contributed by atoms with E-state index in [1.807, 2.05) is 0 Å². The molecule has 144 valence electrons. The molecular formula is C16H15ClF2N4O2S2. The lowest BCUT2D eigenvalue weighted by Gasteiger charge is -2.16. The van der Waals surface area contributed by atoms with Gasteiger partial charge in [-0.25, -0.2) is 23.7 Å². The van der Waals surface area contributed by atoms with Gasteiger partial charge in [0, 0.05) is 18.4 Å². The number of thiazole rings is 1. The molecule has 0 radical (unpaired) electrons. The van der Waals surface area contributed by atoms with Crippen molar-refractivity contribution in [3.05, 3.63) is 39.9 Å². The van der Waals surface area contributed by atoms with Crippen molar-refractivity contribution < 1.29 is 18.6 Å². The Morgan fingerprint density at radius 1 is 1.33 bits per heavy atom. The minimum absolute atomic E-state index is 0.147. The van der Waals surface area contributed by atoms with Gasteiger partial charge in [-0.2, -0.15) is 0 Å². The second-order valence-electron chi connectivity index (χ2n) is 5.46.